The fraction of sp³-hybridized carbons (Fsp3) is 0.548. The summed E-state index contributed by atoms with van der Waals surface area (Å²) in [6, 6.07) is 0. The molecule has 3 heterocycles. The molecule has 0 amide bonds. The minimum Gasteiger partial charge on any atom is -0.371 e. The molecule has 1 atom stereocenters. The lowest BCUT2D eigenvalue weighted by atomic mass is 9.73. The van der Waals surface area contributed by atoms with Crippen molar-refractivity contribution in [1.82, 2.24) is 14.7 Å². The third-order valence-electron chi connectivity index (χ3n) is 8.77. The number of rotatable bonds is 4. The molecule has 2 saturated heterocycles. The lowest BCUT2D eigenvalue weighted by molar-refractivity contribution is 0.239. The molecule has 1 unspecified atom stereocenters. The van der Waals surface area contributed by atoms with Crippen LogP contribution >= 0.6 is 0 Å². The second kappa shape index (κ2) is 9.77. The highest BCUT2D eigenvalue weighted by atomic mass is 15.2. The number of hydrogen-bond acceptors (Lipinski definition) is 3. The Labute approximate surface area is 207 Å². The highest BCUT2D eigenvalue weighted by molar-refractivity contribution is 5.53. The molecule has 2 aliphatic carbocycles. The molecule has 5 rings (SSSR count). The van der Waals surface area contributed by atoms with Crippen LogP contribution in [0.1, 0.15) is 58.8 Å². The molecule has 3 aliphatic heterocycles. The van der Waals surface area contributed by atoms with Crippen molar-refractivity contribution >= 4 is 0 Å². The summed E-state index contributed by atoms with van der Waals surface area (Å²) in [6.07, 6.45) is 25.8. The molecular formula is C31H43N3. The van der Waals surface area contributed by atoms with Crippen LogP contribution in [0.3, 0.4) is 0 Å². The largest absolute Gasteiger partial charge is 0.371 e. The Hall–Kier alpha value is -2.26. The van der Waals surface area contributed by atoms with Gasteiger partial charge < -0.3 is 14.7 Å². The van der Waals surface area contributed by atoms with Gasteiger partial charge in [0, 0.05) is 47.7 Å². The first-order valence-corrected chi connectivity index (χ1v) is 13.6. The van der Waals surface area contributed by atoms with Crippen LogP contribution < -0.4 is 0 Å². The molecule has 0 aromatic heterocycles. The van der Waals surface area contributed by atoms with Crippen LogP contribution in [0.4, 0.5) is 0 Å². The minimum absolute atomic E-state index is 0.0725. The molecule has 182 valence electrons. The maximum atomic E-state index is 4.43. The van der Waals surface area contributed by atoms with E-state index in [4.69, 9.17) is 0 Å². The molecule has 5 aliphatic rings. The van der Waals surface area contributed by atoms with E-state index in [0.717, 1.165) is 31.0 Å². The Morgan fingerprint density at radius 1 is 1.00 bits per heavy atom. The summed E-state index contributed by atoms with van der Waals surface area (Å²) in [5, 5.41) is 0. The lowest BCUT2D eigenvalue weighted by Gasteiger charge is -2.38. The van der Waals surface area contributed by atoms with E-state index in [1.807, 2.05) is 0 Å². The molecule has 0 radical (unpaired) electrons. The predicted octanol–water partition coefficient (Wildman–Crippen LogP) is 6.58. The van der Waals surface area contributed by atoms with Gasteiger partial charge in [0.25, 0.3) is 0 Å². The smallest absolute Gasteiger partial charge is 0.0467 e. The highest BCUT2D eigenvalue weighted by Crippen LogP contribution is 2.43. The number of likely N-dealkylation sites (tertiary alicyclic amines) is 2. The molecular weight excluding hydrogens is 414 g/mol. The van der Waals surface area contributed by atoms with Crippen molar-refractivity contribution in [1.29, 1.82) is 0 Å². The molecule has 34 heavy (non-hydrogen) atoms. The molecule has 2 fully saturated rings. The van der Waals surface area contributed by atoms with E-state index in [2.05, 4.69) is 84.7 Å². The first-order chi connectivity index (χ1) is 16.5. The van der Waals surface area contributed by atoms with Crippen molar-refractivity contribution in [3.05, 3.63) is 82.9 Å². The van der Waals surface area contributed by atoms with Crippen LogP contribution in [-0.2, 0) is 0 Å². The zero-order valence-corrected chi connectivity index (χ0v) is 21.7. The van der Waals surface area contributed by atoms with Gasteiger partial charge in [0.1, 0.15) is 0 Å². The number of nitrogens with zero attached hydrogens (tertiary/aromatic N) is 3. The third-order valence-corrected chi connectivity index (χ3v) is 8.77. The molecule has 0 spiro atoms. The second-order valence-electron chi connectivity index (χ2n) is 11.1. The second-order valence-corrected chi connectivity index (χ2v) is 11.1. The van der Waals surface area contributed by atoms with Gasteiger partial charge in [-0.25, -0.2) is 0 Å². The Balaban J connectivity index is 1.37. The average molecular weight is 458 g/mol. The molecule has 0 aromatic carbocycles. The van der Waals surface area contributed by atoms with Gasteiger partial charge in [-0.15, -0.1) is 0 Å². The molecule has 3 heteroatoms. The Bertz CT molecular complexity index is 990. The number of hydrogen-bond donors (Lipinski definition) is 0. The zero-order valence-electron chi connectivity index (χ0n) is 21.7. The van der Waals surface area contributed by atoms with E-state index >= 15 is 0 Å². The van der Waals surface area contributed by atoms with Gasteiger partial charge >= 0.3 is 0 Å². The van der Waals surface area contributed by atoms with Crippen LogP contribution in [-0.4, -0.2) is 54.5 Å². The van der Waals surface area contributed by atoms with Crippen molar-refractivity contribution in [3.63, 3.8) is 0 Å². The molecule has 0 saturated carbocycles. The van der Waals surface area contributed by atoms with Crippen LogP contribution in [0.25, 0.3) is 0 Å². The average Bonchev–Trinajstić information content (AvgIpc) is 3.09. The fourth-order valence-corrected chi connectivity index (χ4v) is 6.44. The van der Waals surface area contributed by atoms with E-state index in [0.29, 0.717) is 0 Å². The Morgan fingerprint density at radius 2 is 1.76 bits per heavy atom. The maximum Gasteiger partial charge on any atom is 0.0467 e. The van der Waals surface area contributed by atoms with Crippen LogP contribution in [0.5, 0.6) is 0 Å². The van der Waals surface area contributed by atoms with Crippen LogP contribution in [0.2, 0.25) is 0 Å². The van der Waals surface area contributed by atoms with E-state index in [9.17, 15) is 0 Å². The van der Waals surface area contributed by atoms with Crippen molar-refractivity contribution in [2.24, 2.45) is 11.3 Å². The number of piperidine rings is 2. The van der Waals surface area contributed by atoms with Gasteiger partial charge in [0.2, 0.25) is 0 Å². The first kappa shape index (κ1) is 23.5. The number of likely N-dealkylation sites (N-methyl/N-ethyl adjacent to an activating group) is 1. The van der Waals surface area contributed by atoms with Crippen molar-refractivity contribution in [2.75, 3.05) is 39.8 Å². The van der Waals surface area contributed by atoms with E-state index in [-0.39, 0.29) is 5.41 Å². The monoisotopic (exact) mass is 457 g/mol. The maximum absolute atomic E-state index is 4.43. The quantitative estimate of drug-likeness (QED) is 0.472. The summed E-state index contributed by atoms with van der Waals surface area (Å²) < 4.78 is 0. The summed E-state index contributed by atoms with van der Waals surface area (Å²) >= 11 is 0. The van der Waals surface area contributed by atoms with Crippen molar-refractivity contribution < 1.29 is 0 Å². The van der Waals surface area contributed by atoms with E-state index < -0.39 is 0 Å². The van der Waals surface area contributed by atoms with Gasteiger partial charge in [-0.3, -0.25) is 0 Å². The summed E-state index contributed by atoms with van der Waals surface area (Å²) in [4.78, 5) is 7.47. The zero-order chi connectivity index (χ0) is 23.7. The summed E-state index contributed by atoms with van der Waals surface area (Å²) in [5.41, 5.74) is 8.48. The Kier molecular flexibility index (Phi) is 6.75. The highest BCUT2D eigenvalue weighted by Gasteiger charge is 2.32. The topological polar surface area (TPSA) is 9.72 Å². The lowest BCUT2D eigenvalue weighted by Crippen LogP contribution is -2.34. The van der Waals surface area contributed by atoms with Gasteiger partial charge in [-0.2, -0.15) is 0 Å². The first-order valence-electron chi connectivity index (χ1n) is 13.6. The predicted molar refractivity (Wildman–Crippen MR) is 144 cm³/mol. The Morgan fingerprint density at radius 3 is 2.44 bits per heavy atom. The van der Waals surface area contributed by atoms with Gasteiger partial charge in [0.05, 0.1) is 0 Å². The van der Waals surface area contributed by atoms with Gasteiger partial charge in [-0.1, -0.05) is 43.9 Å². The molecule has 0 aromatic rings. The molecule has 0 bridgehead atoms. The van der Waals surface area contributed by atoms with Gasteiger partial charge in [0.15, 0.2) is 0 Å². The fourth-order valence-electron chi connectivity index (χ4n) is 6.44. The van der Waals surface area contributed by atoms with Crippen molar-refractivity contribution in [3.8, 4) is 0 Å². The SMILES string of the molecule is C=C1C=C(N2CCCCC2)C2=C(C=CC(C3(C)C=CC(C4CCN(C)CC4)=CC3)=CC2)N1CC. The summed E-state index contributed by atoms with van der Waals surface area (Å²) in [5.74, 6) is 0.742. The minimum atomic E-state index is 0.0725. The molecule has 3 nitrogen and oxygen atoms in total. The van der Waals surface area contributed by atoms with E-state index in [1.165, 1.54) is 80.8 Å². The van der Waals surface area contributed by atoms with Crippen LogP contribution in [0.15, 0.2) is 82.9 Å². The number of allylic oxidation sites excluding steroid dienone is 10. The van der Waals surface area contributed by atoms with Crippen molar-refractivity contribution in [2.45, 2.75) is 58.8 Å². The standard InChI is InChI=1S/C31H43N3/c1-5-34-24(2)23-30(33-19-7-6-8-20-33)28-11-9-27(10-12-29(28)34)31(3)17-13-25(14-18-31)26-15-21-32(4)22-16-26/h9-10,12-14,17,23,26H,2,5-8,11,15-16,18-22H2,1,3-4H3. The molecule has 0 N–H and O–H groups in total. The van der Waals surface area contributed by atoms with Gasteiger partial charge in [-0.05, 0) is 101 Å². The normalized spacial score (nSPS) is 29.0. The third kappa shape index (κ3) is 4.52. The summed E-state index contributed by atoms with van der Waals surface area (Å²) in [7, 11) is 2.25. The van der Waals surface area contributed by atoms with Crippen LogP contribution in [0, 0.1) is 11.3 Å². The summed E-state index contributed by atoms with van der Waals surface area (Å²) in [6.45, 7) is 14.8. The van der Waals surface area contributed by atoms with E-state index in [1.54, 1.807) is 5.57 Å².